The average Bonchev–Trinajstić information content (AvgIpc) is 0.811. The first-order chi connectivity index (χ1) is 1.73. The van der Waals surface area contributed by atoms with Gasteiger partial charge in [0.25, 0.3) is 0 Å². The van der Waals surface area contributed by atoms with E-state index in [4.69, 9.17) is 0 Å². The Morgan fingerprint density at radius 2 is 1.40 bits per heavy atom. The number of hydrogen-bond donors (Lipinski definition) is 0. The minimum absolute atomic E-state index is 0. The molecule has 1 nitrogen and oxygen atoms in total. The third-order valence-electron chi connectivity index (χ3n) is 0. The van der Waals surface area contributed by atoms with Gasteiger partial charge >= 0.3 is 0 Å². The van der Waals surface area contributed by atoms with Crippen LogP contribution in [0.5, 0.6) is 0 Å². The molecule has 0 aromatic carbocycles. The summed E-state index contributed by atoms with van der Waals surface area (Å²) in [6.45, 7) is 7.50. The van der Waals surface area contributed by atoms with Gasteiger partial charge in [0.2, 0.25) is 0 Å². The molecule has 0 atom stereocenters. The maximum absolute atomic E-state index is 3.56. The monoisotopic (exact) mass is 72.1 g/mol. The molecule has 0 aromatic rings. The van der Waals surface area contributed by atoms with Crippen LogP contribution >= 0.6 is 0 Å². The molecular formula is C4H8O. The maximum Gasteiger partial charge on any atom is 0 e. The summed E-state index contributed by atoms with van der Waals surface area (Å²) in [6.07, 6.45) is 0. The van der Waals surface area contributed by atoms with Crippen molar-refractivity contribution in [1.29, 1.82) is 0 Å². The van der Waals surface area contributed by atoms with E-state index < -0.39 is 0 Å². The van der Waals surface area contributed by atoms with Gasteiger partial charge in [-0.3, -0.25) is 0 Å². The van der Waals surface area contributed by atoms with Gasteiger partial charge in [-0.2, -0.15) is 0 Å². The number of rotatable bonds is 0. The molecule has 0 N–H and O–H groups in total. The van der Waals surface area contributed by atoms with Crippen LogP contribution < -0.4 is 0 Å². The topological polar surface area (TPSA) is 28.5 Å². The van der Waals surface area contributed by atoms with Crippen LogP contribution in [0.1, 0.15) is 13.8 Å². The maximum atomic E-state index is 3.56. The second-order valence-electron chi connectivity index (χ2n) is 1.21. The summed E-state index contributed by atoms with van der Waals surface area (Å²) in [7, 11) is 0. The molecule has 0 aliphatic heterocycles. The van der Waals surface area contributed by atoms with Crippen LogP contribution in [0.2, 0.25) is 0 Å². The minimum atomic E-state index is 0. The lowest BCUT2D eigenvalue weighted by atomic mass is 10.4. The van der Waals surface area contributed by atoms with E-state index in [9.17, 15) is 0 Å². The molecule has 0 aromatic heterocycles. The fourth-order valence-corrected chi connectivity index (χ4v) is 0. The molecule has 0 saturated carbocycles. The van der Waals surface area contributed by atoms with Crippen molar-refractivity contribution in [2.24, 2.45) is 0 Å². The highest BCUT2D eigenvalue weighted by Gasteiger charge is 1.51. The first kappa shape index (κ1) is 8.83. The molecule has 0 spiro atoms. The molecule has 30 valence electrons. The Hall–Kier alpha value is -0.300. The molecule has 0 unspecified atom stereocenters. The molecule has 0 amide bonds. The van der Waals surface area contributed by atoms with Crippen LogP contribution in [0, 0.1) is 0 Å². The summed E-state index contributed by atoms with van der Waals surface area (Å²) in [5.41, 5.74) is 1.17. The first-order valence-corrected chi connectivity index (χ1v) is 1.35. The van der Waals surface area contributed by atoms with Crippen molar-refractivity contribution in [3.63, 3.8) is 0 Å². The lowest BCUT2D eigenvalue weighted by Crippen LogP contribution is -1.43. The van der Waals surface area contributed by atoms with E-state index in [0.717, 1.165) is 0 Å². The van der Waals surface area contributed by atoms with Gasteiger partial charge in [0, 0.05) is 5.48 Å². The molecule has 0 rings (SSSR count). The van der Waals surface area contributed by atoms with Crippen molar-refractivity contribution in [1.82, 2.24) is 0 Å². The van der Waals surface area contributed by atoms with E-state index in [1.807, 2.05) is 13.8 Å². The summed E-state index contributed by atoms with van der Waals surface area (Å²) in [5, 5.41) is 0. The van der Waals surface area contributed by atoms with Crippen molar-refractivity contribution in [3.8, 4) is 0 Å². The van der Waals surface area contributed by atoms with E-state index in [0.29, 0.717) is 0 Å². The van der Waals surface area contributed by atoms with Crippen LogP contribution in [0.15, 0.2) is 12.2 Å². The summed E-state index contributed by atoms with van der Waals surface area (Å²) in [6, 6.07) is 0. The van der Waals surface area contributed by atoms with Crippen molar-refractivity contribution in [2.75, 3.05) is 0 Å². The summed E-state index contributed by atoms with van der Waals surface area (Å²) >= 11 is 0. The van der Waals surface area contributed by atoms with Crippen molar-refractivity contribution in [2.45, 2.75) is 13.8 Å². The molecule has 2 radical (unpaired) electrons. The van der Waals surface area contributed by atoms with Crippen LogP contribution in [-0.2, 0) is 5.48 Å². The SMILES string of the molecule is C=C(C)C.[O]. The van der Waals surface area contributed by atoms with E-state index in [2.05, 4.69) is 6.58 Å². The highest BCUT2D eigenvalue weighted by Crippen LogP contribution is 1.73. The van der Waals surface area contributed by atoms with E-state index in [-0.39, 0.29) is 5.48 Å². The summed E-state index contributed by atoms with van der Waals surface area (Å²) in [4.78, 5) is 0. The molecule has 0 bridgehead atoms. The highest BCUT2D eigenvalue weighted by atomic mass is 16.0. The first-order valence-electron chi connectivity index (χ1n) is 1.35. The van der Waals surface area contributed by atoms with Crippen LogP contribution in [0.25, 0.3) is 0 Å². The van der Waals surface area contributed by atoms with Gasteiger partial charge in [-0.15, -0.1) is 6.58 Å². The van der Waals surface area contributed by atoms with E-state index in [1.165, 1.54) is 5.57 Å². The van der Waals surface area contributed by atoms with Gasteiger partial charge in [-0.25, -0.2) is 0 Å². The fraction of sp³-hybridized carbons (Fsp3) is 0.500. The smallest absolute Gasteiger partial charge is 0 e. The number of allylic oxidation sites excluding steroid dienone is 1. The minimum Gasteiger partial charge on any atom is -0.100 e. The standard InChI is InChI=1S/C4H8.O/c1-4(2)3;/h1H2,2-3H3;. The zero-order valence-corrected chi connectivity index (χ0v) is 3.62. The molecule has 1 heteroatoms. The molecule has 0 aliphatic carbocycles. The molecule has 5 heavy (non-hydrogen) atoms. The quantitative estimate of drug-likeness (QED) is 0.388. The van der Waals surface area contributed by atoms with Crippen molar-refractivity contribution in [3.05, 3.63) is 12.2 Å². The Labute approximate surface area is 32.6 Å². The van der Waals surface area contributed by atoms with Crippen LogP contribution in [0.4, 0.5) is 0 Å². The predicted octanol–water partition coefficient (Wildman–Crippen LogP) is 1.46. The second-order valence-corrected chi connectivity index (χ2v) is 1.21. The lowest BCUT2D eigenvalue weighted by Gasteiger charge is -1.65. The Morgan fingerprint density at radius 1 is 1.40 bits per heavy atom. The third kappa shape index (κ3) is 119. The predicted molar refractivity (Wildman–Crippen MR) is 21.2 cm³/mol. The Kier molecular flexibility index (Phi) is 6.53. The van der Waals surface area contributed by atoms with E-state index in [1.54, 1.807) is 0 Å². The van der Waals surface area contributed by atoms with Gasteiger partial charge in [0.05, 0.1) is 0 Å². The van der Waals surface area contributed by atoms with Crippen molar-refractivity contribution >= 4 is 0 Å². The van der Waals surface area contributed by atoms with Gasteiger partial charge < -0.3 is 0 Å². The number of hydrogen-bond acceptors (Lipinski definition) is 0. The Balaban J connectivity index is 0. The van der Waals surface area contributed by atoms with Gasteiger partial charge in [0.1, 0.15) is 0 Å². The van der Waals surface area contributed by atoms with Crippen LogP contribution in [-0.4, -0.2) is 0 Å². The Bertz CT molecular complexity index is 26.6. The normalized spacial score (nSPS) is 5.20. The second kappa shape index (κ2) is 3.70. The molecule has 0 aliphatic rings. The molecule has 0 saturated heterocycles. The lowest BCUT2D eigenvalue weighted by molar-refractivity contribution is 0.686. The third-order valence-corrected chi connectivity index (χ3v) is 0. The van der Waals surface area contributed by atoms with Gasteiger partial charge in [-0.05, 0) is 13.8 Å². The summed E-state index contributed by atoms with van der Waals surface area (Å²) in [5.74, 6) is 0. The van der Waals surface area contributed by atoms with Gasteiger partial charge in [-0.1, -0.05) is 5.57 Å². The van der Waals surface area contributed by atoms with Crippen LogP contribution in [0.3, 0.4) is 0 Å². The summed E-state index contributed by atoms with van der Waals surface area (Å²) < 4.78 is 0. The molecular weight excluding hydrogens is 64.0 g/mol. The zero-order valence-electron chi connectivity index (χ0n) is 3.62. The fourth-order valence-electron chi connectivity index (χ4n) is 0. The molecule has 0 heterocycles. The highest BCUT2D eigenvalue weighted by molar-refractivity contribution is 4.78. The largest absolute Gasteiger partial charge is 0.100 e. The average molecular weight is 72.1 g/mol. The van der Waals surface area contributed by atoms with Crippen molar-refractivity contribution < 1.29 is 5.48 Å². The Morgan fingerprint density at radius 3 is 1.40 bits per heavy atom. The van der Waals surface area contributed by atoms with Gasteiger partial charge in [0.15, 0.2) is 0 Å². The zero-order chi connectivity index (χ0) is 3.58. The molecule has 0 fully saturated rings. The van der Waals surface area contributed by atoms with E-state index >= 15 is 0 Å².